The Morgan fingerprint density at radius 3 is 2.60 bits per heavy atom. The van der Waals surface area contributed by atoms with Crippen molar-refractivity contribution in [3.05, 3.63) is 74.3 Å². The molecule has 186 valence electrons. The van der Waals surface area contributed by atoms with Crippen molar-refractivity contribution in [2.75, 3.05) is 23.6 Å². The molecule has 0 atom stereocenters. The molecule has 35 heavy (non-hydrogen) atoms. The fourth-order valence-corrected chi connectivity index (χ4v) is 4.03. The van der Waals surface area contributed by atoms with E-state index in [2.05, 4.69) is 20.1 Å². The van der Waals surface area contributed by atoms with Crippen molar-refractivity contribution in [2.45, 2.75) is 20.8 Å². The molecule has 0 fully saturated rings. The van der Waals surface area contributed by atoms with Crippen LogP contribution in [0.5, 0.6) is 11.5 Å². The zero-order valence-electron chi connectivity index (χ0n) is 20.0. The summed E-state index contributed by atoms with van der Waals surface area (Å²) in [5, 5.41) is 5.92. The van der Waals surface area contributed by atoms with Gasteiger partial charge in [0.05, 0.1) is 16.9 Å². The number of aryl methyl sites for hydroxylation is 1. The summed E-state index contributed by atoms with van der Waals surface area (Å²) in [6, 6.07) is 9.74. The van der Waals surface area contributed by atoms with Crippen LogP contribution in [0.15, 0.2) is 41.2 Å². The summed E-state index contributed by atoms with van der Waals surface area (Å²) in [7, 11) is 3.25. The lowest BCUT2D eigenvalue weighted by Crippen LogP contribution is -2.30. The summed E-state index contributed by atoms with van der Waals surface area (Å²) in [5.74, 6) is -0.670. The maximum atomic E-state index is 14.7. The van der Waals surface area contributed by atoms with Gasteiger partial charge in [-0.2, -0.15) is 0 Å². The summed E-state index contributed by atoms with van der Waals surface area (Å²) in [6.45, 7) is 5.43. The van der Waals surface area contributed by atoms with Crippen molar-refractivity contribution >= 4 is 46.8 Å². The first-order valence-electron chi connectivity index (χ1n) is 10.8. The standard InChI is InChI=1S/C24H27ClFN5O3S/c1-6-28-23(32)19-21(34-18-9-7-8-17(20(18)25)30-35-27-4)14(3)24(33)31(5)22(19)29-16-11-10-13(2)12-15(16)26/h7-12,27,29-30H,6H2,1-5H3,(H,28,32). The highest BCUT2D eigenvalue weighted by Gasteiger charge is 2.26. The number of hydrogen-bond donors (Lipinski definition) is 4. The van der Waals surface area contributed by atoms with Gasteiger partial charge in [-0.25, -0.2) is 9.11 Å². The number of aromatic nitrogens is 1. The van der Waals surface area contributed by atoms with Gasteiger partial charge in [-0.1, -0.05) is 23.7 Å². The molecule has 1 heterocycles. The molecule has 0 aliphatic carbocycles. The Hall–Kier alpha value is -3.21. The molecule has 0 aliphatic heterocycles. The minimum Gasteiger partial charge on any atom is -0.454 e. The van der Waals surface area contributed by atoms with Gasteiger partial charge in [0.15, 0.2) is 5.75 Å². The van der Waals surface area contributed by atoms with Crippen molar-refractivity contribution < 1.29 is 13.9 Å². The molecule has 2 aromatic carbocycles. The van der Waals surface area contributed by atoms with Crippen molar-refractivity contribution in [3.63, 3.8) is 0 Å². The van der Waals surface area contributed by atoms with Gasteiger partial charge in [0.2, 0.25) is 0 Å². The van der Waals surface area contributed by atoms with Crippen LogP contribution in [0.3, 0.4) is 0 Å². The van der Waals surface area contributed by atoms with Crippen LogP contribution >= 0.6 is 23.7 Å². The van der Waals surface area contributed by atoms with Gasteiger partial charge >= 0.3 is 0 Å². The van der Waals surface area contributed by atoms with E-state index in [1.54, 1.807) is 58.2 Å². The lowest BCUT2D eigenvalue weighted by atomic mass is 10.1. The Balaban J connectivity index is 2.21. The number of benzene rings is 2. The zero-order valence-corrected chi connectivity index (χ0v) is 21.6. The molecule has 3 rings (SSSR count). The first-order chi connectivity index (χ1) is 16.7. The average molecular weight is 520 g/mol. The van der Waals surface area contributed by atoms with E-state index in [0.29, 0.717) is 12.2 Å². The van der Waals surface area contributed by atoms with E-state index < -0.39 is 17.3 Å². The number of carbonyl (C=O) groups excluding carboxylic acids is 1. The molecule has 1 aromatic heterocycles. The number of halogens is 2. The van der Waals surface area contributed by atoms with Crippen molar-refractivity contribution in [2.24, 2.45) is 7.05 Å². The fourth-order valence-electron chi connectivity index (χ4n) is 3.38. The van der Waals surface area contributed by atoms with Crippen LogP contribution in [0.2, 0.25) is 5.02 Å². The monoisotopic (exact) mass is 519 g/mol. The van der Waals surface area contributed by atoms with Crippen LogP contribution < -0.4 is 30.4 Å². The van der Waals surface area contributed by atoms with E-state index in [-0.39, 0.29) is 39.2 Å². The molecule has 3 aromatic rings. The van der Waals surface area contributed by atoms with E-state index in [1.807, 2.05) is 0 Å². The van der Waals surface area contributed by atoms with E-state index in [9.17, 15) is 14.0 Å². The molecule has 0 spiro atoms. The molecular formula is C24H27ClFN5O3S. The summed E-state index contributed by atoms with van der Waals surface area (Å²) >= 11 is 7.75. The number of nitrogens with zero attached hydrogens (tertiary/aromatic N) is 1. The number of anilines is 3. The number of amides is 1. The number of hydrogen-bond acceptors (Lipinski definition) is 7. The number of rotatable bonds is 9. The lowest BCUT2D eigenvalue weighted by molar-refractivity contribution is 0.0953. The normalized spacial score (nSPS) is 10.7. The summed E-state index contributed by atoms with van der Waals surface area (Å²) in [6.07, 6.45) is 0. The van der Waals surface area contributed by atoms with Crippen LogP contribution in [-0.2, 0) is 7.05 Å². The van der Waals surface area contributed by atoms with Crippen LogP contribution in [0, 0.1) is 19.7 Å². The summed E-state index contributed by atoms with van der Waals surface area (Å²) < 4.78 is 27.9. The van der Waals surface area contributed by atoms with Gasteiger partial charge < -0.3 is 20.1 Å². The van der Waals surface area contributed by atoms with Gasteiger partial charge in [0.1, 0.15) is 28.0 Å². The van der Waals surface area contributed by atoms with Crippen molar-refractivity contribution in [1.82, 2.24) is 14.6 Å². The Morgan fingerprint density at radius 1 is 1.20 bits per heavy atom. The Labute approximate surface area is 212 Å². The molecule has 0 aliphatic rings. The van der Waals surface area contributed by atoms with Crippen LogP contribution in [0.4, 0.5) is 21.6 Å². The van der Waals surface area contributed by atoms with Gasteiger partial charge in [0.25, 0.3) is 11.5 Å². The van der Waals surface area contributed by atoms with Crippen LogP contribution in [0.25, 0.3) is 0 Å². The minimum absolute atomic E-state index is 0.0226. The topological polar surface area (TPSA) is 96.4 Å². The minimum atomic E-state index is -0.522. The Kier molecular flexibility index (Phi) is 8.66. The molecule has 11 heteroatoms. The molecule has 0 unspecified atom stereocenters. The van der Waals surface area contributed by atoms with E-state index in [0.717, 1.165) is 5.56 Å². The second-order valence-corrected chi connectivity index (χ2v) is 8.83. The number of ether oxygens (including phenoxy) is 1. The second-order valence-electron chi connectivity index (χ2n) is 7.64. The zero-order chi connectivity index (χ0) is 25.7. The molecule has 1 amide bonds. The third-order valence-corrected chi connectivity index (χ3v) is 6.06. The Morgan fingerprint density at radius 2 is 1.94 bits per heavy atom. The van der Waals surface area contributed by atoms with Gasteiger partial charge in [0, 0.05) is 25.7 Å². The lowest BCUT2D eigenvalue weighted by Gasteiger charge is -2.22. The number of pyridine rings is 1. The molecule has 4 N–H and O–H groups in total. The number of carbonyl (C=O) groups is 1. The van der Waals surface area contributed by atoms with Crippen molar-refractivity contribution in [1.29, 1.82) is 0 Å². The third-order valence-electron chi connectivity index (χ3n) is 5.15. The maximum absolute atomic E-state index is 14.7. The molecule has 0 saturated carbocycles. The first kappa shape index (κ1) is 26.4. The average Bonchev–Trinajstić information content (AvgIpc) is 2.82. The smallest absolute Gasteiger partial charge is 0.258 e. The fraction of sp³-hybridized carbons (Fsp3) is 0.250. The largest absolute Gasteiger partial charge is 0.454 e. The van der Waals surface area contributed by atoms with Crippen LogP contribution in [-0.4, -0.2) is 24.1 Å². The molecule has 8 nitrogen and oxygen atoms in total. The maximum Gasteiger partial charge on any atom is 0.258 e. The van der Waals surface area contributed by atoms with E-state index >= 15 is 0 Å². The molecule has 0 bridgehead atoms. The Bertz CT molecular complexity index is 1320. The van der Waals surface area contributed by atoms with Crippen molar-refractivity contribution in [3.8, 4) is 11.5 Å². The highest BCUT2D eigenvalue weighted by Crippen LogP contribution is 2.39. The summed E-state index contributed by atoms with van der Waals surface area (Å²) in [4.78, 5) is 26.3. The molecule has 0 radical (unpaired) electrons. The second kappa shape index (κ2) is 11.5. The predicted molar refractivity (Wildman–Crippen MR) is 141 cm³/mol. The molecular weight excluding hydrogens is 493 g/mol. The SMILES string of the molecule is CCNC(=O)c1c(Oc2cccc(NSNC)c2Cl)c(C)c(=O)n(C)c1Nc1ccc(C)cc1F. The molecule has 0 saturated heterocycles. The van der Waals surface area contributed by atoms with E-state index in [1.165, 1.54) is 29.8 Å². The summed E-state index contributed by atoms with van der Waals surface area (Å²) in [5.41, 5.74) is 1.25. The first-order valence-corrected chi connectivity index (χ1v) is 12.0. The van der Waals surface area contributed by atoms with Crippen LogP contribution in [0.1, 0.15) is 28.4 Å². The highest BCUT2D eigenvalue weighted by atomic mass is 35.5. The predicted octanol–water partition coefficient (Wildman–Crippen LogP) is 5.27. The van der Waals surface area contributed by atoms with Gasteiger partial charge in [-0.05, 0) is 57.6 Å². The van der Waals surface area contributed by atoms with E-state index in [4.69, 9.17) is 16.3 Å². The number of nitrogens with one attached hydrogen (secondary N) is 4. The highest BCUT2D eigenvalue weighted by molar-refractivity contribution is 7.98. The van der Waals surface area contributed by atoms with Gasteiger partial charge in [-0.3, -0.25) is 14.2 Å². The third kappa shape index (κ3) is 5.72. The quantitative estimate of drug-likeness (QED) is 0.286. The van der Waals surface area contributed by atoms with Gasteiger partial charge in [-0.15, -0.1) is 0 Å².